The monoisotopic (exact) mass is 265 g/mol. The van der Waals surface area contributed by atoms with Crippen LogP contribution in [-0.4, -0.2) is 28.6 Å². The Kier molecular flexibility index (Phi) is 5.36. The molecule has 0 saturated carbocycles. The largest absolute Gasteiger partial charge is 0.508 e. The lowest BCUT2D eigenvalue weighted by atomic mass is 9.97. The molecule has 5 heteroatoms. The van der Waals surface area contributed by atoms with Gasteiger partial charge in [-0.25, -0.2) is 0 Å². The Morgan fingerprint density at radius 3 is 2.53 bits per heavy atom. The number of aliphatic carboxylic acids is 1. The minimum atomic E-state index is -0.912. The number of carboxylic acids is 1. The lowest BCUT2D eigenvalue weighted by Crippen LogP contribution is -2.33. The van der Waals surface area contributed by atoms with Crippen LogP contribution in [0.3, 0.4) is 0 Å². The first-order chi connectivity index (χ1) is 8.90. The van der Waals surface area contributed by atoms with Crippen LogP contribution in [0.25, 0.3) is 0 Å². The molecule has 0 bridgehead atoms. The number of phenolic OH excluding ortho intramolecular Hbond substituents is 1. The first-order valence-corrected chi connectivity index (χ1v) is 6.20. The summed E-state index contributed by atoms with van der Waals surface area (Å²) in [6, 6.07) is 5.93. The van der Waals surface area contributed by atoms with E-state index in [0.717, 1.165) is 0 Å². The number of carbonyl (C=O) groups excluding carboxylic acids is 1. The fraction of sp³-hybridized carbons (Fsp3) is 0.429. The van der Waals surface area contributed by atoms with Crippen LogP contribution in [0, 0.1) is 11.8 Å². The number of carboxylic acid groups (broad SMARTS) is 1. The van der Waals surface area contributed by atoms with Gasteiger partial charge in [0.25, 0.3) is 5.91 Å². The zero-order valence-corrected chi connectivity index (χ0v) is 11.1. The van der Waals surface area contributed by atoms with E-state index in [4.69, 9.17) is 5.11 Å². The van der Waals surface area contributed by atoms with Gasteiger partial charge in [-0.2, -0.15) is 0 Å². The van der Waals surface area contributed by atoms with Crippen molar-refractivity contribution in [2.24, 2.45) is 11.8 Å². The maximum absolute atomic E-state index is 11.8. The number of phenols is 1. The number of rotatable bonds is 6. The molecule has 1 atom stereocenters. The molecule has 0 aliphatic heterocycles. The first kappa shape index (κ1) is 15.0. The summed E-state index contributed by atoms with van der Waals surface area (Å²) in [5, 5.41) is 20.9. The minimum absolute atomic E-state index is 0.00427. The number of hydrogen-bond donors (Lipinski definition) is 3. The molecule has 0 saturated heterocycles. The Morgan fingerprint density at radius 1 is 1.32 bits per heavy atom. The Bertz CT molecular complexity index is 457. The van der Waals surface area contributed by atoms with E-state index in [2.05, 4.69) is 5.32 Å². The van der Waals surface area contributed by atoms with Crippen molar-refractivity contribution in [3.8, 4) is 5.75 Å². The molecule has 1 amide bonds. The van der Waals surface area contributed by atoms with Gasteiger partial charge >= 0.3 is 5.97 Å². The minimum Gasteiger partial charge on any atom is -0.508 e. The Morgan fingerprint density at radius 2 is 2.00 bits per heavy atom. The molecule has 19 heavy (non-hydrogen) atoms. The fourth-order valence-electron chi connectivity index (χ4n) is 1.81. The van der Waals surface area contributed by atoms with E-state index in [1.807, 2.05) is 13.8 Å². The van der Waals surface area contributed by atoms with Gasteiger partial charge in [-0.05, 0) is 30.5 Å². The molecule has 3 N–H and O–H groups in total. The summed E-state index contributed by atoms with van der Waals surface area (Å²) in [7, 11) is 0. The summed E-state index contributed by atoms with van der Waals surface area (Å²) in [6.45, 7) is 3.96. The Hall–Kier alpha value is -2.04. The van der Waals surface area contributed by atoms with E-state index >= 15 is 0 Å². The quantitative estimate of drug-likeness (QED) is 0.732. The predicted molar refractivity (Wildman–Crippen MR) is 71.0 cm³/mol. The topological polar surface area (TPSA) is 86.6 Å². The highest BCUT2D eigenvalue weighted by atomic mass is 16.4. The normalized spacial score (nSPS) is 12.2. The van der Waals surface area contributed by atoms with Crippen LogP contribution in [-0.2, 0) is 4.79 Å². The van der Waals surface area contributed by atoms with Gasteiger partial charge < -0.3 is 15.5 Å². The van der Waals surface area contributed by atoms with E-state index < -0.39 is 11.9 Å². The third-order valence-electron chi connectivity index (χ3n) is 2.72. The first-order valence-electron chi connectivity index (χ1n) is 6.20. The molecule has 0 aliphatic rings. The average molecular weight is 265 g/mol. The lowest BCUT2D eigenvalue weighted by molar-refractivity contribution is -0.142. The molecule has 0 radical (unpaired) electrons. The molecule has 0 fully saturated rings. The van der Waals surface area contributed by atoms with E-state index in [9.17, 15) is 14.7 Å². The highest BCUT2D eigenvalue weighted by Gasteiger charge is 2.20. The third kappa shape index (κ3) is 4.99. The van der Waals surface area contributed by atoms with Crippen molar-refractivity contribution in [3.63, 3.8) is 0 Å². The van der Waals surface area contributed by atoms with Crippen LogP contribution >= 0.6 is 0 Å². The molecule has 1 aromatic rings. The van der Waals surface area contributed by atoms with Crippen molar-refractivity contribution in [1.29, 1.82) is 0 Å². The SMILES string of the molecule is CC(C)CC(CNC(=O)c1cccc(O)c1)C(=O)O. The third-order valence-corrected chi connectivity index (χ3v) is 2.72. The lowest BCUT2D eigenvalue weighted by Gasteiger charge is -2.15. The molecule has 104 valence electrons. The Labute approximate surface area is 112 Å². The summed E-state index contributed by atoms with van der Waals surface area (Å²) >= 11 is 0. The highest BCUT2D eigenvalue weighted by molar-refractivity contribution is 5.94. The molecule has 1 unspecified atom stereocenters. The van der Waals surface area contributed by atoms with Crippen LogP contribution in [0.4, 0.5) is 0 Å². The number of benzene rings is 1. The standard InChI is InChI=1S/C14H19NO4/c1-9(2)6-11(14(18)19)8-15-13(17)10-4-3-5-12(16)7-10/h3-5,7,9,11,16H,6,8H2,1-2H3,(H,15,17)(H,18,19). The van der Waals surface area contributed by atoms with E-state index in [-0.39, 0.29) is 24.1 Å². The summed E-state index contributed by atoms with van der Waals surface area (Å²) in [4.78, 5) is 22.8. The van der Waals surface area contributed by atoms with Gasteiger partial charge in [0.2, 0.25) is 0 Å². The van der Waals surface area contributed by atoms with Crippen LogP contribution in [0.1, 0.15) is 30.6 Å². The second kappa shape index (κ2) is 6.78. The zero-order valence-electron chi connectivity index (χ0n) is 11.1. The molecular weight excluding hydrogens is 246 g/mol. The molecule has 0 aliphatic carbocycles. The van der Waals surface area contributed by atoms with Gasteiger partial charge in [0.15, 0.2) is 0 Å². The average Bonchev–Trinajstić information content (AvgIpc) is 2.33. The molecule has 0 spiro atoms. The molecule has 1 rings (SSSR count). The predicted octanol–water partition coefficient (Wildman–Crippen LogP) is 1.87. The number of nitrogens with one attached hydrogen (secondary N) is 1. The van der Waals surface area contributed by atoms with Gasteiger partial charge in [0, 0.05) is 12.1 Å². The van der Waals surface area contributed by atoms with Crippen LogP contribution in [0.2, 0.25) is 0 Å². The number of aromatic hydroxyl groups is 1. The molecule has 0 heterocycles. The molecule has 1 aromatic carbocycles. The molecular formula is C14H19NO4. The summed E-state index contributed by atoms with van der Waals surface area (Å²) in [5.41, 5.74) is 0.314. The van der Waals surface area contributed by atoms with Gasteiger partial charge in [-0.15, -0.1) is 0 Å². The van der Waals surface area contributed by atoms with Gasteiger partial charge in [-0.3, -0.25) is 9.59 Å². The second-order valence-corrected chi connectivity index (χ2v) is 4.93. The van der Waals surface area contributed by atoms with E-state index in [0.29, 0.717) is 12.0 Å². The maximum atomic E-state index is 11.8. The van der Waals surface area contributed by atoms with Crippen molar-refractivity contribution < 1.29 is 19.8 Å². The molecule has 0 aromatic heterocycles. The van der Waals surface area contributed by atoms with Gasteiger partial charge in [0.05, 0.1) is 5.92 Å². The number of hydrogen-bond acceptors (Lipinski definition) is 3. The maximum Gasteiger partial charge on any atom is 0.308 e. The van der Waals surface area contributed by atoms with Crippen LogP contribution < -0.4 is 5.32 Å². The van der Waals surface area contributed by atoms with Gasteiger partial charge in [-0.1, -0.05) is 19.9 Å². The number of amides is 1. The van der Waals surface area contributed by atoms with Crippen LogP contribution in [0.5, 0.6) is 5.75 Å². The number of carbonyl (C=O) groups is 2. The second-order valence-electron chi connectivity index (χ2n) is 4.93. The van der Waals surface area contributed by atoms with Crippen molar-refractivity contribution in [2.75, 3.05) is 6.54 Å². The van der Waals surface area contributed by atoms with E-state index in [1.165, 1.54) is 12.1 Å². The zero-order chi connectivity index (χ0) is 14.4. The van der Waals surface area contributed by atoms with Crippen molar-refractivity contribution in [1.82, 2.24) is 5.32 Å². The summed E-state index contributed by atoms with van der Waals surface area (Å²) in [5.74, 6) is -1.64. The smallest absolute Gasteiger partial charge is 0.308 e. The molecule has 5 nitrogen and oxygen atoms in total. The van der Waals surface area contributed by atoms with Crippen molar-refractivity contribution in [2.45, 2.75) is 20.3 Å². The fourth-order valence-corrected chi connectivity index (χ4v) is 1.81. The summed E-state index contributed by atoms with van der Waals surface area (Å²) in [6.07, 6.45) is 0.510. The highest BCUT2D eigenvalue weighted by Crippen LogP contribution is 2.13. The van der Waals surface area contributed by atoms with E-state index in [1.54, 1.807) is 12.1 Å². The Balaban J connectivity index is 2.59. The summed E-state index contributed by atoms with van der Waals surface area (Å²) < 4.78 is 0. The van der Waals surface area contributed by atoms with Gasteiger partial charge in [0.1, 0.15) is 5.75 Å². The van der Waals surface area contributed by atoms with Crippen molar-refractivity contribution >= 4 is 11.9 Å². The van der Waals surface area contributed by atoms with Crippen LogP contribution in [0.15, 0.2) is 24.3 Å². The van der Waals surface area contributed by atoms with Crippen molar-refractivity contribution in [3.05, 3.63) is 29.8 Å².